The van der Waals surface area contributed by atoms with E-state index in [-0.39, 0.29) is 22.1 Å². The van der Waals surface area contributed by atoms with E-state index in [0.29, 0.717) is 36.7 Å². The average Bonchev–Trinajstić information content (AvgIpc) is 2.59. The summed E-state index contributed by atoms with van der Waals surface area (Å²) in [5, 5.41) is 0.472. The van der Waals surface area contributed by atoms with Crippen molar-refractivity contribution in [3.63, 3.8) is 0 Å². The van der Waals surface area contributed by atoms with E-state index in [1.807, 2.05) is 0 Å². The van der Waals surface area contributed by atoms with E-state index < -0.39 is 10.0 Å². The Bertz CT molecular complexity index is 826. The number of hydrogen-bond acceptors (Lipinski definition) is 5. The molecule has 1 fully saturated rings. The van der Waals surface area contributed by atoms with Crippen LogP contribution in [0.5, 0.6) is 6.01 Å². The number of nitrogens with zero attached hydrogens (tertiary/aromatic N) is 2. The van der Waals surface area contributed by atoms with Gasteiger partial charge in [-0.2, -0.15) is 0 Å². The Morgan fingerprint density at radius 2 is 1.76 bits per heavy atom. The summed E-state index contributed by atoms with van der Waals surface area (Å²) < 4.78 is 33.5. The van der Waals surface area contributed by atoms with Crippen molar-refractivity contribution in [2.24, 2.45) is 0 Å². The third-order valence-electron chi connectivity index (χ3n) is 3.99. The van der Waals surface area contributed by atoms with Gasteiger partial charge in [-0.3, -0.25) is 0 Å². The van der Waals surface area contributed by atoms with Crippen LogP contribution in [-0.2, 0) is 10.0 Å². The van der Waals surface area contributed by atoms with Crippen molar-refractivity contribution in [1.82, 2.24) is 14.7 Å². The zero-order chi connectivity index (χ0) is 17.9. The first-order valence-electron chi connectivity index (χ1n) is 7.85. The standard InChI is InChI=1S/C16H17Cl2N3O3S/c17-11-2-7-14(18)15(10-11)25(22,23)21-12-3-5-13(6-4-12)24-16-19-8-1-9-20-16/h1-2,7-10,12-13,21H,3-6H2. The van der Waals surface area contributed by atoms with Crippen molar-refractivity contribution in [1.29, 1.82) is 0 Å². The molecule has 1 aromatic heterocycles. The van der Waals surface area contributed by atoms with Gasteiger partial charge in [0.2, 0.25) is 10.0 Å². The number of benzene rings is 1. The van der Waals surface area contributed by atoms with Crippen molar-refractivity contribution in [3.05, 3.63) is 46.7 Å². The first-order valence-corrected chi connectivity index (χ1v) is 10.1. The summed E-state index contributed by atoms with van der Waals surface area (Å²) in [6, 6.07) is 6.28. The average molecular weight is 402 g/mol. The highest BCUT2D eigenvalue weighted by Crippen LogP contribution is 2.27. The van der Waals surface area contributed by atoms with Crippen molar-refractivity contribution in [2.45, 2.75) is 42.7 Å². The van der Waals surface area contributed by atoms with E-state index in [9.17, 15) is 8.42 Å². The zero-order valence-corrected chi connectivity index (χ0v) is 15.6. The molecule has 0 aliphatic heterocycles. The lowest BCUT2D eigenvalue weighted by Gasteiger charge is -2.28. The van der Waals surface area contributed by atoms with Crippen molar-refractivity contribution >= 4 is 33.2 Å². The molecule has 0 bridgehead atoms. The van der Waals surface area contributed by atoms with Crippen LogP contribution in [-0.4, -0.2) is 30.5 Å². The van der Waals surface area contributed by atoms with Gasteiger partial charge in [-0.15, -0.1) is 0 Å². The summed E-state index contributed by atoms with van der Waals surface area (Å²) in [6.07, 6.45) is 5.99. The highest BCUT2D eigenvalue weighted by atomic mass is 35.5. The maximum Gasteiger partial charge on any atom is 0.316 e. The SMILES string of the molecule is O=S(=O)(NC1CCC(Oc2ncccn2)CC1)c1cc(Cl)ccc1Cl. The second kappa shape index (κ2) is 7.86. The Morgan fingerprint density at radius 3 is 2.44 bits per heavy atom. The fourth-order valence-electron chi connectivity index (χ4n) is 2.76. The monoisotopic (exact) mass is 401 g/mol. The normalized spacial score (nSPS) is 21.0. The fraction of sp³-hybridized carbons (Fsp3) is 0.375. The Hall–Kier alpha value is -1.41. The van der Waals surface area contributed by atoms with E-state index in [4.69, 9.17) is 27.9 Å². The van der Waals surface area contributed by atoms with Crippen LogP contribution < -0.4 is 9.46 Å². The topological polar surface area (TPSA) is 81.2 Å². The Morgan fingerprint density at radius 1 is 1.08 bits per heavy atom. The molecule has 0 amide bonds. The number of sulfonamides is 1. The van der Waals surface area contributed by atoms with Gasteiger partial charge >= 0.3 is 6.01 Å². The number of halogens is 2. The molecule has 2 aromatic rings. The van der Waals surface area contributed by atoms with Gasteiger partial charge in [0.15, 0.2) is 0 Å². The smallest absolute Gasteiger partial charge is 0.316 e. The van der Waals surface area contributed by atoms with E-state index >= 15 is 0 Å². The summed E-state index contributed by atoms with van der Waals surface area (Å²) in [6.45, 7) is 0. The molecule has 1 aliphatic carbocycles. The van der Waals surface area contributed by atoms with Crippen molar-refractivity contribution in [3.8, 4) is 6.01 Å². The minimum absolute atomic E-state index is 0.00211. The van der Waals surface area contributed by atoms with Gasteiger partial charge in [0.05, 0.1) is 5.02 Å². The van der Waals surface area contributed by atoms with Gasteiger partial charge in [-0.05, 0) is 49.9 Å². The molecule has 9 heteroatoms. The molecular weight excluding hydrogens is 385 g/mol. The molecule has 0 unspecified atom stereocenters. The molecule has 3 rings (SSSR count). The Labute approximate surface area is 156 Å². The summed E-state index contributed by atoms with van der Waals surface area (Å²) in [5.41, 5.74) is 0. The number of nitrogens with one attached hydrogen (secondary N) is 1. The molecule has 0 atom stereocenters. The Kier molecular flexibility index (Phi) is 5.78. The number of rotatable bonds is 5. The molecule has 1 heterocycles. The summed E-state index contributed by atoms with van der Waals surface area (Å²) in [5.74, 6) is 0. The molecule has 134 valence electrons. The maximum atomic E-state index is 12.5. The third kappa shape index (κ3) is 4.82. The van der Waals surface area contributed by atoms with Gasteiger partial charge in [-0.25, -0.2) is 23.1 Å². The second-order valence-corrected chi connectivity index (χ2v) is 8.34. The van der Waals surface area contributed by atoms with Crippen LogP contribution >= 0.6 is 23.2 Å². The largest absolute Gasteiger partial charge is 0.460 e. The Balaban J connectivity index is 1.59. The van der Waals surface area contributed by atoms with E-state index in [2.05, 4.69) is 14.7 Å². The number of hydrogen-bond donors (Lipinski definition) is 1. The lowest BCUT2D eigenvalue weighted by Crippen LogP contribution is -2.39. The highest BCUT2D eigenvalue weighted by molar-refractivity contribution is 7.89. The van der Waals surface area contributed by atoms with Gasteiger partial charge < -0.3 is 4.74 Å². The maximum absolute atomic E-state index is 12.5. The number of ether oxygens (including phenoxy) is 1. The molecule has 0 saturated heterocycles. The predicted octanol–water partition coefficient (Wildman–Crippen LogP) is 3.45. The predicted molar refractivity (Wildman–Crippen MR) is 95.5 cm³/mol. The molecule has 0 spiro atoms. The van der Waals surface area contributed by atoms with E-state index in [1.165, 1.54) is 12.1 Å². The lowest BCUT2D eigenvalue weighted by molar-refractivity contribution is 0.132. The molecule has 1 N–H and O–H groups in total. The molecule has 25 heavy (non-hydrogen) atoms. The van der Waals surface area contributed by atoms with E-state index in [0.717, 1.165) is 0 Å². The van der Waals surface area contributed by atoms with Crippen LogP contribution in [0.1, 0.15) is 25.7 Å². The molecule has 0 radical (unpaired) electrons. The quantitative estimate of drug-likeness (QED) is 0.829. The first kappa shape index (κ1) is 18.4. The van der Waals surface area contributed by atoms with E-state index in [1.54, 1.807) is 24.5 Å². The highest BCUT2D eigenvalue weighted by Gasteiger charge is 2.28. The van der Waals surface area contributed by atoms with Gasteiger partial charge in [0.25, 0.3) is 0 Å². The van der Waals surface area contributed by atoms with Crippen LogP contribution in [0, 0.1) is 0 Å². The van der Waals surface area contributed by atoms with Crippen molar-refractivity contribution in [2.75, 3.05) is 0 Å². The van der Waals surface area contributed by atoms with Gasteiger partial charge in [0.1, 0.15) is 11.0 Å². The fourth-order valence-corrected chi connectivity index (χ4v) is 4.83. The van der Waals surface area contributed by atoms with Gasteiger partial charge in [-0.1, -0.05) is 23.2 Å². The zero-order valence-electron chi connectivity index (χ0n) is 13.2. The second-order valence-electron chi connectivity index (χ2n) is 5.82. The molecule has 1 aliphatic rings. The van der Waals surface area contributed by atoms with Crippen LogP contribution in [0.4, 0.5) is 0 Å². The summed E-state index contributed by atoms with van der Waals surface area (Å²) >= 11 is 11.9. The first-order chi connectivity index (χ1) is 11.9. The molecule has 6 nitrogen and oxygen atoms in total. The molecular formula is C16H17Cl2N3O3S. The molecule has 1 saturated carbocycles. The third-order valence-corrected chi connectivity index (χ3v) is 6.23. The van der Waals surface area contributed by atoms with Crippen LogP contribution in [0.3, 0.4) is 0 Å². The minimum Gasteiger partial charge on any atom is -0.460 e. The van der Waals surface area contributed by atoms with Crippen molar-refractivity contribution < 1.29 is 13.2 Å². The summed E-state index contributed by atoms with van der Waals surface area (Å²) in [4.78, 5) is 8.07. The molecule has 1 aromatic carbocycles. The lowest BCUT2D eigenvalue weighted by atomic mass is 9.94. The van der Waals surface area contributed by atoms with Gasteiger partial charge in [0, 0.05) is 23.5 Å². The number of aromatic nitrogens is 2. The van der Waals surface area contributed by atoms with Crippen LogP contribution in [0.15, 0.2) is 41.6 Å². The minimum atomic E-state index is -3.72. The van der Waals surface area contributed by atoms with Crippen LogP contribution in [0.25, 0.3) is 0 Å². The van der Waals surface area contributed by atoms with Crippen LogP contribution in [0.2, 0.25) is 10.0 Å². The summed E-state index contributed by atoms with van der Waals surface area (Å²) in [7, 11) is -3.72.